The van der Waals surface area contributed by atoms with Crippen molar-refractivity contribution in [3.63, 3.8) is 0 Å². The number of ether oxygens (including phenoxy) is 4. The van der Waals surface area contributed by atoms with Crippen LogP contribution in [0.5, 0.6) is 0 Å². The number of aliphatic hydroxyl groups is 3. The van der Waals surface area contributed by atoms with E-state index in [9.17, 15) is 33.1 Å². The molecule has 1 aliphatic heterocycles. The minimum absolute atomic E-state index is 0.0249. The molecule has 0 saturated carbocycles. The van der Waals surface area contributed by atoms with Crippen LogP contribution in [0.15, 0.2) is 85.1 Å². The van der Waals surface area contributed by atoms with E-state index in [1.807, 2.05) is 0 Å². The quantitative estimate of drug-likeness (QED) is 0.0197. The van der Waals surface area contributed by atoms with E-state index in [0.29, 0.717) is 13.0 Å². The smallest absolute Gasteiger partial charge is 0.397 e. The van der Waals surface area contributed by atoms with Crippen LogP contribution in [0.4, 0.5) is 0 Å². The number of carbonyl (C=O) groups is 1. The Labute approximate surface area is 425 Å². The lowest BCUT2D eigenvalue weighted by Crippen LogP contribution is -2.60. The van der Waals surface area contributed by atoms with Gasteiger partial charge in [0, 0.05) is 13.0 Å². The first-order valence-corrected chi connectivity index (χ1v) is 28.7. The largest absolute Gasteiger partial charge is 0.457 e. The second kappa shape index (κ2) is 47.3. The van der Waals surface area contributed by atoms with Crippen LogP contribution in [0.3, 0.4) is 0 Å². The molecule has 13 heteroatoms. The molecule has 12 nitrogen and oxygen atoms in total. The molecule has 0 radical (unpaired) electrons. The Morgan fingerprint density at radius 3 is 1.44 bits per heavy atom. The van der Waals surface area contributed by atoms with Gasteiger partial charge in [0.15, 0.2) is 6.29 Å². The van der Waals surface area contributed by atoms with E-state index in [1.54, 1.807) is 0 Å². The van der Waals surface area contributed by atoms with Crippen molar-refractivity contribution in [2.75, 3.05) is 26.4 Å². The van der Waals surface area contributed by atoms with E-state index in [2.05, 4.69) is 103 Å². The fraction of sp³-hybridized carbons (Fsp3) is 0.737. The molecule has 0 aromatic carbocycles. The van der Waals surface area contributed by atoms with E-state index >= 15 is 0 Å². The highest BCUT2D eigenvalue weighted by atomic mass is 32.3. The first-order chi connectivity index (χ1) is 34.1. The summed E-state index contributed by atoms with van der Waals surface area (Å²) in [6.45, 7) is 3.84. The van der Waals surface area contributed by atoms with Crippen molar-refractivity contribution in [2.24, 2.45) is 0 Å². The topological polar surface area (TPSA) is 178 Å². The van der Waals surface area contributed by atoms with Crippen LogP contribution in [0.2, 0.25) is 0 Å². The number of esters is 1. The van der Waals surface area contributed by atoms with Gasteiger partial charge in [-0.15, -0.1) is 0 Å². The minimum atomic E-state index is -5.07. The zero-order chi connectivity index (χ0) is 51.0. The molecule has 1 aliphatic rings. The molecule has 0 aromatic heterocycles. The Kier molecular flexibility index (Phi) is 44.1. The van der Waals surface area contributed by atoms with Crippen LogP contribution in [0, 0.1) is 0 Å². The third-order valence-electron chi connectivity index (χ3n) is 12.0. The Hall–Kier alpha value is -2.72. The van der Waals surface area contributed by atoms with Crippen LogP contribution < -0.4 is 0 Å². The van der Waals surface area contributed by atoms with Crippen molar-refractivity contribution >= 4 is 16.4 Å². The zero-order valence-corrected chi connectivity index (χ0v) is 44.4. The van der Waals surface area contributed by atoms with Crippen molar-refractivity contribution in [3.8, 4) is 0 Å². The summed E-state index contributed by atoms with van der Waals surface area (Å²) >= 11 is 0. The maximum atomic E-state index is 12.9. The first-order valence-electron chi connectivity index (χ1n) is 27.3. The normalized spacial score (nSPS) is 19.8. The molecule has 0 spiro atoms. The number of aliphatic hydroxyl groups excluding tert-OH is 3. The summed E-state index contributed by atoms with van der Waals surface area (Å²) in [5.41, 5.74) is 0. The Balaban J connectivity index is 2.35. The van der Waals surface area contributed by atoms with Gasteiger partial charge in [0.05, 0.1) is 19.8 Å². The molecule has 1 rings (SSSR count). The fourth-order valence-corrected chi connectivity index (χ4v) is 8.41. The van der Waals surface area contributed by atoms with Gasteiger partial charge in [-0.1, -0.05) is 195 Å². The molecule has 70 heavy (non-hydrogen) atoms. The van der Waals surface area contributed by atoms with Crippen LogP contribution in [0.1, 0.15) is 206 Å². The average Bonchev–Trinajstić information content (AvgIpc) is 3.34. The first kappa shape index (κ1) is 65.3. The second-order valence-corrected chi connectivity index (χ2v) is 19.5. The van der Waals surface area contributed by atoms with Gasteiger partial charge in [-0.3, -0.25) is 9.35 Å². The highest BCUT2D eigenvalue weighted by Gasteiger charge is 2.48. The van der Waals surface area contributed by atoms with Gasteiger partial charge in [0.25, 0.3) is 0 Å². The summed E-state index contributed by atoms with van der Waals surface area (Å²) in [7, 11) is -5.07. The molecular weight excluding hydrogens is 909 g/mol. The molecule has 0 amide bonds. The van der Waals surface area contributed by atoms with Crippen molar-refractivity contribution < 1.29 is 56.2 Å². The number of hydrogen-bond donors (Lipinski definition) is 4. The van der Waals surface area contributed by atoms with Crippen molar-refractivity contribution in [1.82, 2.24) is 0 Å². The molecule has 1 heterocycles. The molecule has 1 fully saturated rings. The van der Waals surface area contributed by atoms with Gasteiger partial charge in [-0.2, -0.15) is 8.42 Å². The lowest BCUT2D eigenvalue weighted by molar-refractivity contribution is -0.301. The second-order valence-electron chi connectivity index (χ2n) is 18.4. The summed E-state index contributed by atoms with van der Waals surface area (Å²) in [6.07, 6.45) is 54.6. The molecule has 404 valence electrons. The monoisotopic (exact) mass is 1010 g/mol. The van der Waals surface area contributed by atoms with Crippen LogP contribution in [-0.2, 0) is 38.3 Å². The Morgan fingerprint density at radius 1 is 0.557 bits per heavy atom. The van der Waals surface area contributed by atoms with Crippen molar-refractivity contribution in [2.45, 2.75) is 243 Å². The van der Waals surface area contributed by atoms with E-state index < -0.39 is 59.8 Å². The van der Waals surface area contributed by atoms with Gasteiger partial charge in [-0.25, -0.2) is 4.18 Å². The molecule has 1 saturated heterocycles. The highest BCUT2D eigenvalue weighted by molar-refractivity contribution is 7.80. The van der Waals surface area contributed by atoms with Crippen molar-refractivity contribution in [1.29, 1.82) is 0 Å². The number of rotatable bonds is 47. The number of carbonyl (C=O) groups excluding carboxylic acids is 1. The van der Waals surface area contributed by atoms with E-state index in [-0.39, 0.29) is 19.6 Å². The van der Waals surface area contributed by atoms with Crippen LogP contribution in [0.25, 0.3) is 0 Å². The van der Waals surface area contributed by atoms with Gasteiger partial charge in [0.1, 0.15) is 30.5 Å². The van der Waals surface area contributed by atoms with Crippen LogP contribution >= 0.6 is 0 Å². The zero-order valence-electron chi connectivity index (χ0n) is 43.6. The molecule has 6 unspecified atom stereocenters. The van der Waals surface area contributed by atoms with E-state index in [0.717, 1.165) is 96.3 Å². The fourth-order valence-electron chi connectivity index (χ4n) is 7.91. The SMILES string of the molecule is CC/C=C\C/C=C\C/C=C\C/C=C\C/C=C\CCCCCCCCCC(=O)OC(COCCCCCCCCCCCC/C=C\C/C=C\CCCCC)COC1OC(CO)C(O)C(OS(=O)(=O)O)C1O. The third kappa shape index (κ3) is 39.8. The Bertz CT molecular complexity index is 1540. The summed E-state index contributed by atoms with van der Waals surface area (Å²) < 4.78 is 59.4. The summed E-state index contributed by atoms with van der Waals surface area (Å²) in [4.78, 5) is 12.9. The molecule has 6 atom stereocenters. The average molecular weight is 1010 g/mol. The summed E-state index contributed by atoms with van der Waals surface area (Å²) in [5, 5.41) is 30.8. The minimum Gasteiger partial charge on any atom is -0.457 e. The van der Waals surface area contributed by atoms with E-state index in [4.69, 9.17) is 18.9 Å². The summed E-state index contributed by atoms with van der Waals surface area (Å²) in [6, 6.07) is 0. The van der Waals surface area contributed by atoms with Crippen LogP contribution in [-0.4, -0.2) is 97.5 Å². The number of allylic oxidation sites excluding steroid dienone is 14. The molecule has 0 aromatic rings. The Morgan fingerprint density at radius 2 is 0.986 bits per heavy atom. The predicted molar refractivity (Wildman–Crippen MR) is 285 cm³/mol. The predicted octanol–water partition coefficient (Wildman–Crippen LogP) is 13.2. The molecule has 0 bridgehead atoms. The van der Waals surface area contributed by atoms with Crippen molar-refractivity contribution in [3.05, 3.63) is 85.1 Å². The van der Waals surface area contributed by atoms with Gasteiger partial charge in [0.2, 0.25) is 0 Å². The third-order valence-corrected chi connectivity index (χ3v) is 12.5. The van der Waals surface area contributed by atoms with E-state index in [1.165, 1.54) is 83.5 Å². The van der Waals surface area contributed by atoms with Gasteiger partial charge >= 0.3 is 16.4 Å². The van der Waals surface area contributed by atoms with Gasteiger partial charge in [-0.05, 0) is 89.9 Å². The molecule has 4 N–H and O–H groups in total. The maximum absolute atomic E-state index is 12.9. The molecule has 0 aliphatic carbocycles. The lowest BCUT2D eigenvalue weighted by atomic mass is 9.99. The number of hydrogen-bond acceptors (Lipinski definition) is 11. The highest BCUT2D eigenvalue weighted by Crippen LogP contribution is 2.26. The van der Waals surface area contributed by atoms with Gasteiger partial charge < -0.3 is 34.3 Å². The summed E-state index contributed by atoms with van der Waals surface area (Å²) in [5.74, 6) is -0.413. The standard InChI is InChI=1S/C57H98O12S/c1-3-5-7-9-11-13-15-17-19-21-23-25-26-27-28-30-32-34-36-38-40-42-44-46-53(59)67-51(50-66-57-55(61)56(69-70(62,63)64)54(60)52(48-58)68-57)49-65-47-45-43-41-39-37-35-33-31-29-24-22-20-18-16-14-12-10-8-6-4-2/h5,7,11-14,17-20,23,25,27-28,51-52,54-58,60-61H,3-4,6,8-10,15-16,21-22,24,26,29-50H2,1-2H3,(H,62,63,64)/b7-5-,13-11-,14-12-,19-17-,20-18-,25-23-,28-27-. The number of unbranched alkanes of at least 4 members (excludes halogenated alkanes) is 20. The lowest BCUT2D eigenvalue weighted by Gasteiger charge is -2.41. The molecular formula is C57H98O12S. The maximum Gasteiger partial charge on any atom is 0.397 e.